The van der Waals surface area contributed by atoms with Gasteiger partial charge in [0.2, 0.25) is 0 Å². The summed E-state index contributed by atoms with van der Waals surface area (Å²) in [4.78, 5) is 24.4. The molecule has 1 unspecified atom stereocenters. The summed E-state index contributed by atoms with van der Waals surface area (Å²) in [6, 6.07) is 10.4. The van der Waals surface area contributed by atoms with Gasteiger partial charge in [-0.3, -0.25) is 9.59 Å². The Morgan fingerprint density at radius 2 is 1.62 bits per heavy atom. The predicted molar refractivity (Wildman–Crippen MR) is 94.7 cm³/mol. The summed E-state index contributed by atoms with van der Waals surface area (Å²) in [7, 11) is 0. The third-order valence-corrected chi connectivity index (χ3v) is 3.86. The summed E-state index contributed by atoms with van der Waals surface area (Å²) in [5, 5.41) is 18.6. The first-order valence-electron chi connectivity index (χ1n) is 8.36. The minimum Gasteiger partial charge on any atom is -0.465 e. The monoisotopic (exact) mass is 356 g/mol. The Morgan fingerprint density at radius 3 is 2.04 bits per heavy atom. The summed E-state index contributed by atoms with van der Waals surface area (Å²) in [6.45, 7) is 8.71. The van der Waals surface area contributed by atoms with Crippen molar-refractivity contribution in [2.24, 2.45) is 5.92 Å². The van der Waals surface area contributed by atoms with E-state index in [1.165, 1.54) is 6.92 Å². The van der Waals surface area contributed by atoms with Crippen LogP contribution in [0.15, 0.2) is 24.3 Å². The quantitative estimate of drug-likeness (QED) is 0.726. The lowest BCUT2D eigenvalue weighted by atomic mass is 9.72. The third kappa shape index (κ3) is 5.07. The number of hydrogen-bond acceptors (Lipinski definition) is 6. The van der Waals surface area contributed by atoms with Crippen molar-refractivity contribution >= 4 is 11.9 Å². The molecule has 0 N–H and O–H groups in total. The molecule has 0 aliphatic carbocycles. The second kappa shape index (κ2) is 8.49. The maximum absolute atomic E-state index is 12.4. The van der Waals surface area contributed by atoms with E-state index < -0.39 is 22.9 Å². The second-order valence-corrected chi connectivity index (χ2v) is 7.07. The molecule has 0 fully saturated rings. The maximum Gasteiger partial charge on any atom is 0.318 e. The number of carbonyl (C=O) groups is 2. The molecule has 6 nitrogen and oxygen atoms in total. The molecular formula is C20H24N2O4. The fraction of sp³-hybridized carbons (Fsp3) is 0.500. The Labute approximate surface area is 154 Å². The van der Waals surface area contributed by atoms with Gasteiger partial charge in [-0.25, -0.2) is 0 Å². The molecule has 1 aromatic carbocycles. The average molecular weight is 356 g/mol. The predicted octanol–water partition coefficient (Wildman–Crippen LogP) is 3.05. The minimum absolute atomic E-state index is 0.0909. The Bertz CT molecular complexity index is 721. The molecule has 0 aliphatic heterocycles. The van der Waals surface area contributed by atoms with Crippen molar-refractivity contribution in [3.63, 3.8) is 0 Å². The van der Waals surface area contributed by atoms with E-state index in [4.69, 9.17) is 9.47 Å². The minimum atomic E-state index is -1.41. The Balaban J connectivity index is 3.12. The van der Waals surface area contributed by atoms with E-state index in [1.807, 2.05) is 12.1 Å². The maximum atomic E-state index is 12.4. The van der Waals surface area contributed by atoms with Crippen molar-refractivity contribution in [3.8, 4) is 12.1 Å². The Hall–Kier alpha value is -2.86. The molecule has 1 aromatic rings. The van der Waals surface area contributed by atoms with Gasteiger partial charge in [0.25, 0.3) is 0 Å². The molecule has 26 heavy (non-hydrogen) atoms. The molecule has 138 valence electrons. The Morgan fingerprint density at radius 1 is 1.08 bits per heavy atom. The average Bonchev–Trinajstić information content (AvgIpc) is 2.54. The first kappa shape index (κ1) is 21.2. The lowest BCUT2D eigenvalue weighted by Gasteiger charge is -2.28. The van der Waals surface area contributed by atoms with Crippen molar-refractivity contribution < 1.29 is 19.1 Å². The van der Waals surface area contributed by atoms with Crippen LogP contribution in [0, 0.1) is 28.6 Å². The van der Waals surface area contributed by atoms with E-state index in [0.29, 0.717) is 11.1 Å². The van der Waals surface area contributed by atoms with Crippen LogP contribution in [0.2, 0.25) is 0 Å². The smallest absolute Gasteiger partial charge is 0.318 e. The van der Waals surface area contributed by atoms with E-state index in [-0.39, 0.29) is 19.0 Å². The molecule has 0 bridgehead atoms. The van der Waals surface area contributed by atoms with Crippen LogP contribution in [-0.2, 0) is 30.9 Å². The number of nitriles is 2. The SMILES string of the molecule is CCOC(=O)C(C)(c1ccc(CC(=O)OC(C)(C)C)cc1)C(C#N)C#N. The van der Waals surface area contributed by atoms with Crippen LogP contribution < -0.4 is 0 Å². The van der Waals surface area contributed by atoms with E-state index in [1.54, 1.807) is 52.0 Å². The first-order valence-corrected chi connectivity index (χ1v) is 8.36. The van der Waals surface area contributed by atoms with Crippen LogP contribution in [0.1, 0.15) is 45.7 Å². The van der Waals surface area contributed by atoms with Crippen molar-refractivity contribution in [2.75, 3.05) is 6.61 Å². The van der Waals surface area contributed by atoms with Gasteiger partial charge in [-0.05, 0) is 45.7 Å². The number of esters is 2. The highest BCUT2D eigenvalue weighted by Crippen LogP contribution is 2.33. The van der Waals surface area contributed by atoms with Gasteiger partial charge in [0.05, 0.1) is 25.2 Å². The van der Waals surface area contributed by atoms with E-state index >= 15 is 0 Å². The van der Waals surface area contributed by atoms with Crippen molar-refractivity contribution in [1.82, 2.24) is 0 Å². The number of nitrogens with zero attached hydrogens (tertiary/aromatic N) is 2. The van der Waals surface area contributed by atoms with Crippen molar-refractivity contribution in [3.05, 3.63) is 35.4 Å². The highest BCUT2D eigenvalue weighted by molar-refractivity contribution is 5.84. The zero-order chi connectivity index (χ0) is 20.0. The topological polar surface area (TPSA) is 100 Å². The van der Waals surface area contributed by atoms with Crippen molar-refractivity contribution in [2.45, 2.75) is 52.1 Å². The molecule has 0 heterocycles. The van der Waals surface area contributed by atoms with Crippen LogP contribution >= 0.6 is 0 Å². The number of hydrogen-bond donors (Lipinski definition) is 0. The highest BCUT2D eigenvalue weighted by Gasteiger charge is 2.45. The highest BCUT2D eigenvalue weighted by atomic mass is 16.6. The van der Waals surface area contributed by atoms with Crippen LogP contribution in [0.3, 0.4) is 0 Å². The summed E-state index contributed by atoms with van der Waals surface area (Å²) >= 11 is 0. The molecule has 0 saturated heterocycles. The number of rotatable bonds is 6. The molecule has 0 aromatic heterocycles. The summed E-state index contributed by atoms with van der Waals surface area (Å²) in [6.07, 6.45) is 0.0909. The van der Waals surface area contributed by atoms with Gasteiger partial charge in [0, 0.05) is 0 Å². The van der Waals surface area contributed by atoms with Crippen molar-refractivity contribution in [1.29, 1.82) is 10.5 Å². The molecule has 1 rings (SSSR count). The molecule has 6 heteroatoms. The zero-order valence-electron chi connectivity index (χ0n) is 15.8. The number of carbonyl (C=O) groups excluding carboxylic acids is 2. The summed E-state index contributed by atoms with van der Waals surface area (Å²) in [5.74, 6) is -2.18. The van der Waals surface area contributed by atoms with Gasteiger partial charge in [-0.2, -0.15) is 10.5 Å². The van der Waals surface area contributed by atoms with Gasteiger partial charge in [0.15, 0.2) is 5.92 Å². The summed E-state index contributed by atoms with van der Waals surface area (Å²) < 4.78 is 10.4. The largest absolute Gasteiger partial charge is 0.465 e. The van der Waals surface area contributed by atoms with E-state index in [2.05, 4.69) is 0 Å². The van der Waals surface area contributed by atoms with Gasteiger partial charge in [-0.1, -0.05) is 24.3 Å². The molecule has 0 spiro atoms. The molecule has 0 radical (unpaired) electrons. The van der Waals surface area contributed by atoms with Crippen LogP contribution in [0.25, 0.3) is 0 Å². The zero-order valence-corrected chi connectivity index (χ0v) is 15.8. The Kier molecular flexibility index (Phi) is 6.92. The lowest BCUT2D eigenvalue weighted by Crippen LogP contribution is -2.40. The fourth-order valence-corrected chi connectivity index (χ4v) is 2.48. The van der Waals surface area contributed by atoms with Crippen LogP contribution in [-0.4, -0.2) is 24.1 Å². The fourth-order valence-electron chi connectivity index (χ4n) is 2.48. The van der Waals surface area contributed by atoms with Crippen LogP contribution in [0.4, 0.5) is 0 Å². The molecule has 1 atom stereocenters. The van der Waals surface area contributed by atoms with Crippen LogP contribution in [0.5, 0.6) is 0 Å². The standard InChI is InChI=1S/C20H24N2O4/c1-6-25-18(24)20(5,16(12-21)13-22)15-9-7-14(8-10-15)11-17(23)26-19(2,3)4/h7-10,16H,6,11H2,1-5H3. The van der Waals surface area contributed by atoms with E-state index in [9.17, 15) is 20.1 Å². The number of ether oxygens (including phenoxy) is 2. The molecule has 0 aliphatic rings. The first-order chi connectivity index (χ1) is 12.1. The molecule has 0 saturated carbocycles. The lowest BCUT2D eigenvalue weighted by molar-refractivity contribution is -0.154. The van der Waals surface area contributed by atoms with E-state index in [0.717, 1.165) is 0 Å². The summed E-state index contributed by atoms with van der Waals surface area (Å²) in [5.41, 5.74) is -0.785. The van der Waals surface area contributed by atoms with Gasteiger partial charge >= 0.3 is 11.9 Å². The van der Waals surface area contributed by atoms with Gasteiger partial charge < -0.3 is 9.47 Å². The molecular weight excluding hydrogens is 332 g/mol. The normalized spacial score (nSPS) is 13.2. The second-order valence-electron chi connectivity index (χ2n) is 7.07. The number of benzene rings is 1. The van der Waals surface area contributed by atoms with Gasteiger partial charge in [0.1, 0.15) is 11.0 Å². The third-order valence-electron chi connectivity index (χ3n) is 3.86. The van der Waals surface area contributed by atoms with Gasteiger partial charge in [-0.15, -0.1) is 0 Å². The molecule has 0 amide bonds.